The Hall–Kier alpha value is -3.00. The number of carbonyl (C=O) groups is 1. The first-order valence-electron chi connectivity index (χ1n) is 8.05. The predicted octanol–water partition coefficient (Wildman–Crippen LogP) is 3.21. The summed E-state index contributed by atoms with van der Waals surface area (Å²) in [5, 5.41) is 4.95. The zero-order valence-electron chi connectivity index (χ0n) is 14.2. The van der Waals surface area contributed by atoms with Crippen LogP contribution in [0.1, 0.15) is 22.5 Å². The number of carbonyl (C=O) groups excluding carboxylic acids is 1. The lowest BCUT2D eigenvalue weighted by Gasteiger charge is -2.08. The summed E-state index contributed by atoms with van der Waals surface area (Å²) in [4.78, 5) is 24.6. The summed E-state index contributed by atoms with van der Waals surface area (Å²) in [6.45, 7) is 0.440. The fourth-order valence-corrected chi connectivity index (χ4v) is 2.74. The average molecular weight is 370 g/mol. The molecule has 2 heterocycles. The van der Waals surface area contributed by atoms with Crippen LogP contribution in [-0.2, 0) is 6.42 Å². The molecule has 0 spiro atoms. The van der Waals surface area contributed by atoms with E-state index in [0.29, 0.717) is 11.7 Å². The Morgan fingerprint density at radius 2 is 2.08 bits per heavy atom. The van der Waals surface area contributed by atoms with Gasteiger partial charge < -0.3 is 9.47 Å². The molecule has 0 atom stereocenters. The van der Waals surface area contributed by atoms with E-state index in [0.717, 1.165) is 12.8 Å². The third-order valence-electron chi connectivity index (χ3n) is 3.46. The van der Waals surface area contributed by atoms with Crippen molar-refractivity contribution in [2.75, 3.05) is 19.0 Å². The third-order valence-corrected chi connectivity index (χ3v) is 4.15. The van der Waals surface area contributed by atoms with Gasteiger partial charge in [-0.05, 0) is 18.4 Å². The molecule has 1 N–H and O–H groups in total. The highest BCUT2D eigenvalue weighted by Crippen LogP contribution is 2.17. The number of anilines is 1. The molecule has 8 heteroatoms. The maximum atomic E-state index is 12.3. The van der Waals surface area contributed by atoms with Crippen molar-refractivity contribution in [3.05, 3.63) is 59.2 Å². The van der Waals surface area contributed by atoms with Gasteiger partial charge in [-0.1, -0.05) is 30.3 Å². The maximum Gasteiger partial charge on any atom is 0.320 e. The van der Waals surface area contributed by atoms with Gasteiger partial charge in [0, 0.05) is 17.6 Å². The number of amides is 1. The molecule has 0 radical (unpaired) electrons. The number of hydrogen-bond donors (Lipinski definition) is 1. The summed E-state index contributed by atoms with van der Waals surface area (Å²) in [6, 6.07) is 11.7. The van der Waals surface area contributed by atoms with Crippen LogP contribution in [0.2, 0.25) is 0 Å². The normalized spacial score (nSPS) is 10.3. The van der Waals surface area contributed by atoms with Crippen LogP contribution in [0.4, 0.5) is 5.13 Å². The highest BCUT2D eigenvalue weighted by molar-refractivity contribution is 7.13. The molecule has 0 saturated heterocycles. The van der Waals surface area contributed by atoms with Crippen molar-refractivity contribution in [2.24, 2.45) is 0 Å². The molecule has 1 amide bonds. The molecule has 0 bridgehead atoms. The molecular formula is C18H18N4O3S. The smallest absolute Gasteiger partial charge is 0.320 e. The van der Waals surface area contributed by atoms with Crippen LogP contribution >= 0.6 is 11.3 Å². The van der Waals surface area contributed by atoms with Gasteiger partial charge in [-0.3, -0.25) is 10.1 Å². The van der Waals surface area contributed by atoms with Crippen molar-refractivity contribution in [3.63, 3.8) is 0 Å². The predicted molar refractivity (Wildman–Crippen MR) is 98.9 cm³/mol. The minimum atomic E-state index is -0.394. The molecule has 7 nitrogen and oxygen atoms in total. The van der Waals surface area contributed by atoms with Crippen molar-refractivity contribution in [2.45, 2.75) is 12.8 Å². The fraction of sp³-hybridized carbons (Fsp3) is 0.222. The largest absolute Gasteiger partial charge is 0.481 e. The Balaban J connectivity index is 1.60. The number of methoxy groups -OCH3 is 1. The van der Waals surface area contributed by atoms with E-state index in [9.17, 15) is 4.79 Å². The van der Waals surface area contributed by atoms with Gasteiger partial charge in [-0.15, -0.1) is 11.3 Å². The van der Waals surface area contributed by atoms with Gasteiger partial charge in [0.1, 0.15) is 5.69 Å². The van der Waals surface area contributed by atoms with Crippen LogP contribution in [0.3, 0.4) is 0 Å². The van der Waals surface area contributed by atoms with E-state index in [4.69, 9.17) is 9.47 Å². The molecule has 2 aromatic heterocycles. The van der Waals surface area contributed by atoms with E-state index in [2.05, 4.69) is 32.4 Å². The lowest BCUT2D eigenvalue weighted by Crippen LogP contribution is -2.15. The molecule has 0 unspecified atom stereocenters. The molecule has 3 rings (SSSR count). The van der Waals surface area contributed by atoms with Crippen molar-refractivity contribution in [1.82, 2.24) is 15.0 Å². The monoisotopic (exact) mass is 370 g/mol. The highest BCUT2D eigenvalue weighted by Gasteiger charge is 2.14. The summed E-state index contributed by atoms with van der Waals surface area (Å²) in [6.07, 6.45) is 3.32. The number of thiazole rings is 1. The van der Waals surface area contributed by atoms with Crippen molar-refractivity contribution in [3.8, 4) is 11.9 Å². The van der Waals surface area contributed by atoms with Crippen LogP contribution < -0.4 is 14.8 Å². The van der Waals surface area contributed by atoms with Gasteiger partial charge in [-0.25, -0.2) is 4.98 Å². The number of aromatic nitrogens is 3. The van der Waals surface area contributed by atoms with Crippen molar-refractivity contribution < 1.29 is 14.3 Å². The van der Waals surface area contributed by atoms with Gasteiger partial charge in [0.15, 0.2) is 5.13 Å². The quantitative estimate of drug-likeness (QED) is 0.613. The van der Waals surface area contributed by atoms with E-state index >= 15 is 0 Å². The summed E-state index contributed by atoms with van der Waals surface area (Å²) >= 11 is 1.33. The number of nitrogens with zero attached hydrogens (tertiary/aromatic N) is 3. The zero-order valence-corrected chi connectivity index (χ0v) is 15.0. The number of aryl methyl sites for hydroxylation is 1. The van der Waals surface area contributed by atoms with Gasteiger partial charge in [0.25, 0.3) is 5.91 Å². The number of benzene rings is 1. The van der Waals surface area contributed by atoms with Gasteiger partial charge in [0.05, 0.1) is 13.7 Å². The molecule has 134 valence electrons. The van der Waals surface area contributed by atoms with Gasteiger partial charge in [-0.2, -0.15) is 9.97 Å². The van der Waals surface area contributed by atoms with Crippen molar-refractivity contribution >= 4 is 22.4 Å². The molecule has 0 saturated carbocycles. The van der Waals surface area contributed by atoms with Crippen LogP contribution in [0.25, 0.3) is 0 Å². The number of nitrogens with one attached hydrogen (secondary N) is 1. The van der Waals surface area contributed by atoms with E-state index in [1.807, 2.05) is 18.2 Å². The second-order valence-electron chi connectivity index (χ2n) is 5.31. The van der Waals surface area contributed by atoms with Crippen LogP contribution in [-0.4, -0.2) is 34.6 Å². The standard InChI is InChI=1S/C18H18N4O3S/c1-24-15-12-14(16(23)22-18-19-9-11-26-18)20-17(21-15)25-10-5-8-13-6-3-2-4-7-13/h2-4,6-7,9,11-12H,5,8,10H2,1H3,(H,19,22,23). The molecule has 26 heavy (non-hydrogen) atoms. The van der Waals surface area contributed by atoms with E-state index < -0.39 is 5.91 Å². The van der Waals surface area contributed by atoms with E-state index in [-0.39, 0.29) is 17.6 Å². The number of ether oxygens (including phenoxy) is 2. The Labute approximate surface area is 155 Å². The van der Waals surface area contributed by atoms with Gasteiger partial charge >= 0.3 is 6.01 Å². The second-order valence-corrected chi connectivity index (χ2v) is 6.20. The third kappa shape index (κ3) is 5.00. The van der Waals surface area contributed by atoms with Crippen LogP contribution in [0, 0.1) is 0 Å². The van der Waals surface area contributed by atoms with Gasteiger partial charge in [0.2, 0.25) is 5.88 Å². The Morgan fingerprint density at radius 3 is 2.81 bits per heavy atom. The van der Waals surface area contributed by atoms with Crippen molar-refractivity contribution in [1.29, 1.82) is 0 Å². The summed E-state index contributed by atoms with van der Waals surface area (Å²) in [5.74, 6) is -0.128. The molecule has 0 fully saturated rings. The number of rotatable bonds is 8. The highest BCUT2D eigenvalue weighted by atomic mass is 32.1. The topological polar surface area (TPSA) is 86.2 Å². The molecule has 0 aliphatic heterocycles. The SMILES string of the molecule is COc1cc(C(=O)Nc2nccs2)nc(OCCCc2ccccc2)n1. The average Bonchev–Trinajstić information content (AvgIpc) is 3.19. The molecule has 0 aliphatic rings. The van der Waals surface area contributed by atoms with E-state index in [1.165, 1.54) is 30.1 Å². The summed E-state index contributed by atoms with van der Waals surface area (Å²) in [7, 11) is 1.48. The lowest BCUT2D eigenvalue weighted by atomic mass is 10.1. The number of hydrogen-bond acceptors (Lipinski definition) is 7. The minimum absolute atomic E-state index is 0.113. The van der Waals surface area contributed by atoms with Crippen LogP contribution in [0.5, 0.6) is 11.9 Å². The Morgan fingerprint density at radius 1 is 1.23 bits per heavy atom. The lowest BCUT2D eigenvalue weighted by molar-refractivity contribution is 0.102. The van der Waals surface area contributed by atoms with Crippen LogP contribution in [0.15, 0.2) is 48.0 Å². The van der Waals surface area contributed by atoms with E-state index in [1.54, 1.807) is 11.6 Å². The fourth-order valence-electron chi connectivity index (χ4n) is 2.22. The first-order chi connectivity index (χ1) is 12.7. The first kappa shape index (κ1) is 17.8. The molecule has 0 aliphatic carbocycles. The molecule has 1 aromatic carbocycles. The zero-order chi connectivity index (χ0) is 18.2. The minimum Gasteiger partial charge on any atom is -0.481 e. The maximum absolute atomic E-state index is 12.3. The Bertz CT molecular complexity index is 841. The second kappa shape index (κ2) is 8.91. The summed E-state index contributed by atoms with van der Waals surface area (Å²) in [5.41, 5.74) is 1.40. The summed E-state index contributed by atoms with van der Waals surface area (Å²) < 4.78 is 10.7. The Kier molecular flexibility index (Phi) is 6.10. The first-order valence-corrected chi connectivity index (χ1v) is 8.93. The molecule has 3 aromatic rings. The molecular weight excluding hydrogens is 352 g/mol.